The Morgan fingerprint density at radius 2 is 1.76 bits per heavy atom. The number of ether oxygens (including phenoxy) is 4. The average Bonchev–Trinajstić information content (AvgIpc) is 3.27. The van der Waals surface area contributed by atoms with Gasteiger partial charge >= 0.3 is 5.97 Å². The SMILES string of the molecule is COCOc1cc(Cl)cc2c1c(-c1ccc(C(=O)OC)cc1)c(C1CCOCC1)n2-c1ccc(F)cc1. The Balaban J connectivity index is 1.86. The Morgan fingerprint density at radius 3 is 2.41 bits per heavy atom. The number of esters is 1. The van der Waals surface area contributed by atoms with Crippen molar-refractivity contribution in [3.63, 3.8) is 0 Å². The molecule has 3 aromatic carbocycles. The third kappa shape index (κ3) is 4.94. The molecule has 0 saturated carbocycles. The first-order chi connectivity index (χ1) is 18.0. The number of methoxy groups -OCH3 is 2. The smallest absolute Gasteiger partial charge is 0.337 e. The Bertz CT molecular complexity index is 1410. The minimum Gasteiger partial charge on any atom is -0.467 e. The quantitative estimate of drug-likeness (QED) is 0.198. The first-order valence-corrected chi connectivity index (χ1v) is 12.4. The highest BCUT2D eigenvalue weighted by Gasteiger charge is 2.30. The number of aromatic nitrogens is 1. The molecule has 8 heteroatoms. The lowest BCUT2D eigenvalue weighted by Crippen LogP contribution is -2.17. The summed E-state index contributed by atoms with van der Waals surface area (Å²) in [6.45, 7) is 1.33. The Morgan fingerprint density at radius 1 is 1.05 bits per heavy atom. The van der Waals surface area contributed by atoms with Gasteiger partial charge in [0.1, 0.15) is 11.6 Å². The second-order valence-corrected chi connectivity index (χ2v) is 9.31. The normalized spacial score (nSPS) is 14.2. The van der Waals surface area contributed by atoms with Crippen molar-refractivity contribution in [2.45, 2.75) is 18.8 Å². The molecule has 0 radical (unpaired) electrons. The molecule has 4 aromatic rings. The maximum atomic E-state index is 13.9. The lowest BCUT2D eigenvalue weighted by molar-refractivity contribution is 0.0522. The summed E-state index contributed by atoms with van der Waals surface area (Å²) in [4.78, 5) is 12.1. The van der Waals surface area contributed by atoms with Crippen LogP contribution >= 0.6 is 11.6 Å². The van der Waals surface area contributed by atoms with Crippen LogP contribution in [0.2, 0.25) is 5.02 Å². The molecule has 37 heavy (non-hydrogen) atoms. The topological polar surface area (TPSA) is 58.9 Å². The summed E-state index contributed by atoms with van der Waals surface area (Å²) < 4.78 is 37.9. The number of carbonyl (C=O) groups is 1. The van der Waals surface area contributed by atoms with Gasteiger partial charge in [-0.25, -0.2) is 9.18 Å². The maximum absolute atomic E-state index is 13.9. The van der Waals surface area contributed by atoms with Crippen LogP contribution in [-0.2, 0) is 14.2 Å². The second-order valence-electron chi connectivity index (χ2n) is 8.88. The zero-order valence-electron chi connectivity index (χ0n) is 20.6. The number of carbonyl (C=O) groups excluding carboxylic acids is 1. The van der Waals surface area contributed by atoms with Crippen LogP contribution in [0.4, 0.5) is 4.39 Å². The van der Waals surface area contributed by atoms with E-state index >= 15 is 0 Å². The molecular formula is C29H27ClFNO5. The van der Waals surface area contributed by atoms with Crippen molar-refractivity contribution >= 4 is 28.5 Å². The third-order valence-corrected chi connectivity index (χ3v) is 6.87. The van der Waals surface area contributed by atoms with Gasteiger partial charge in [-0.15, -0.1) is 0 Å². The monoisotopic (exact) mass is 523 g/mol. The van der Waals surface area contributed by atoms with Gasteiger partial charge in [0.2, 0.25) is 0 Å². The van der Waals surface area contributed by atoms with Crippen LogP contribution < -0.4 is 4.74 Å². The number of hydrogen-bond acceptors (Lipinski definition) is 5. The van der Waals surface area contributed by atoms with Gasteiger partial charge in [0, 0.05) is 48.2 Å². The predicted octanol–water partition coefficient (Wildman–Crippen LogP) is 6.75. The van der Waals surface area contributed by atoms with Crippen molar-refractivity contribution in [3.8, 4) is 22.6 Å². The molecule has 0 amide bonds. The molecule has 6 nitrogen and oxygen atoms in total. The van der Waals surface area contributed by atoms with Crippen molar-refractivity contribution in [2.24, 2.45) is 0 Å². The summed E-state index contributed by atoms with van der Waals surface area (Å²) in [5.74, 6) is 0.0237. The maximum Gasteiger partial charge on any atom is 0.337 e. The van der Waals surface area contributed by atoms with Gasteiger partial charge in [0.15, 0.2) is 6.79 Å². The largest absolute Gasteiger partial charge is 0.467 e. The highest BCUT2D eigenvalue weighted by molar-refractivity contribution is 6.31. The van der Waals surface area contributed by atoms with Crippen molar-refractivity contribution in [2.75, 3.05) is 34.2 Å². The van der Waals surface area contributed by atoms with E-state index in [2.05, 4.69) is 4.57 Å². The molecule has 1 aliphatic rings. The first-order valence-electron chi connectivity index (χ1n) is 12.0. The van der Waals surface area contributed by atoms with Crippen LogP contribution in [0.3, 0.4) is 0 Å². The standard InChI is InChI=1S/C29H27ClFNO5/c1-34-17-37-25-16-21(30)15-24-27(25)26(18-3-5-20(6-4-18)29(33)35-2)28(19-11-13-36-14-12-19)32(24)23-9-7-22(31)8-10-23/h3-10,15-16,19H,11-14,17H2,1-2H3. The highest BCUT2D eigenvalue weighted by Crippen LogP contribution is 2.47. The molecule has 1 aromatic heterocycles. The van der Waals surface area contributed by atoms with Crippen molar-refractivity contribution in [1.29, 1.82) is 0 Å². The van der Waals surface area contributed by atoms with Gasteiger partial charge in [-0.2, -0.15) is 0 Å². The fourth-order valence-corrected chi connectivity index (χ4v) is 5.21. The number of rotatable bonds is 7. The van der Waals surface area contributed by atoms with E-state index in [0.717, 1.165) is 46.3 Å². The van der Waals surface area contributed by atoms with Crippen LogP contribution in [0.15, 0.2) is 60.7 Å². The molecule has 1 aliphatic heterocycles. The van der Waals surface area contributed by atoms with Crippen LogP contribution in [0, 0.1) is 5.82 Å². The van der Waals surface area contributed by atoms with Gasteiger partial charge in [-0.1, -0.05) is 23.7 Å². The summed E-state index contributed by atoms with van der Waals surface area (Å²) in [5.41, 5.74) is 5.03. The second kappa shape index (κ2) is 10.9. The molecule has 0 unspecified atom stereocenters. The number of benzene rings is 3. The fourth-order valence-electron chi connectivity index (χ4n) is 5.01. The fraction of sp³-hybridized carbons (Fsp3) is 0.276. The minimum absolute atomic E-state index is 0.0461. The summed E-state index contributed by atoms with van der Waals surface area (Å²) >= 11 is 6.59. The van der Waals surface area contributed by atoms with Crippen LogP contribution in [-0.4, -0.2) is 44.8 Å². The highest BCUT2D eigenvalue weighted by atomic mass is 35.5. The summed E-state index contributed by atoms with van der Waals surface area (Å²) in [6, 6.07) is 17.4. The molecule has 0 bridgehead atoms. The van der Waals surface area contributed by atoms with Gasteiger partial charge in [0.05, 0.1) is 23.6 Å². The van der Waals surface area contributed by atoms with Crippen LogP contribution in [0.5, 0.6) is 5.75 Å². The van der Waals surface area contributed by atoms with Crippen LogP contribution in [0.1, 0.15) is 34.8 Å². The Kier molecular flexibility index (Phi) is 7.46. The number of halogens is 2. The Hall–Kier alpha value is -3.39. The zero-order valence-corrected chi connectivity index (χ0v) is 21.4. The van der Waals surface area contributed by atoms with E-state index in [1.165, 1.54) is 19.2 Å². The van der Waals surface area contributed by atoms with E-state index in [4.69, 9.17) is 30.5 Å². The molecule has 0 spiro atoms. The van der Waals surface area contributed by atoms with Crippen molar-refractivity contribution < 1.29 is 28.1 Å². The molecule has 0 N–H and O–H groups in total. The average molecular weight is 524 g/mol. The Labute approximate surface area is 219 Å². The minimum atomic E-state index is -0.402. The first kappa shape index (κ1) is 25.3. The van der Waals surface area contributed by atoms with E-state index in [1.54, 1.807) is 37.4 Å². The lowest BCUT2D eigenvalue weighted by atomic mass is 9.89. The molecule has 192 valence electrons. The molecule has 1 fully saturated rings. The van der Waals surface area contributed by atoms with Gasteiger partial charge in [0.25, 0.3) is 0 Å². The lowest BCUT2D eigenvalue weighted by Gasteiger charge is -2.26. The van der Waals surface area contributed by atoms with E-state index in [9.17, 15) is 9.18 Å². The van der Waals surface area contributed by atoms with E-state index < -0.39 is 5.97 Å². The molecule has 5 rings (SSSR count). The number of fused-ring (bicyclic) bond motifs is 1. The van der Waals surface area contributed by atoms with Crippen LogP contribution in [0.25, 0.3) is 27.7 Å². The summed E-state index contributed by atoms with van der Waals surface area (Å²) in [7, 11) is 2.92. The molecular weight excluding hydrogens is 497 g/mol. The van der Waals surface area contributed by atoms with Gasteiger partial charge < -0.3 is 23.5 Å². The molecule has 2 heterocycles. The molecule has 1 saturated heterocycles. The summed E-state index contributed by atoms with van der Waals surface area (Å²) in [6.07, 6.45) is 1.65. The zero-order chi connectivity index (χ0) is 25.9. The molecule has 0 atom stereocenters. The van der Waals surface area contributed by atoms with E-state index in [-0.39, 0.29) is 18.5 Å². The van der Waals surface area contributed by atoms with Crippen molar-refractivity contribution in [1.82, 2.24) is 4.57 Å². The summed E-state index contributed by atoms with van der Waals surface area (Å²) in [5, 5.41) is 1.36. The van der Waals surface area contributed by atoms with Crippen molar-refractivity contribution in [3.05, 3.63) is 82.8 Å². The number of hydrogen-bond donors (Lipinski definition) is 0. The number of nitrogens with zero attached hydrogens (tertiary/aromatic N) is 1. The van der Waals surface area contributed by atoms with E-state index in [0.29, 0.717) is 29.5 Å². The van der Waals surface area contributed by atoms with E-state index in [1.807, 2.05) is 18.2 Å². The van der Waals surface area contributed by atoms with Gasteiger partial charge in [-0.3, -0.25) is 0 Å². The van der Waals surface area contributed by atoms with Gasteiger partial charge in [-0.05, 0) is 66.9 Å². The third-order valence-electron chi connectivity index (χ3n) is 6.65. The predicted molar refractivity (Wildman–Crippen MR) is 140 cm³/mol. The molecule has 0 aliphatic carbocycles.